The van der Waals surface area contributed by atoms with Crippen molar-refractivity contribution in [3.8, 4) is 5.75 Å². The summed E-state index contributed by atoms with van der Waals surface area (Å²) in [6.45, 7) is 0.825. The summed E-state index contributed by atoms with van der Waals surface area (Å²) in [5.74, 6) is 0.623. The molecule has 118 valence electrons. The van der Waals surface area contributed by atoms with Crippen molar-refractivity contribution in [3.63, 3.8) is 0 Å². The van der Waals surface area contributed by atoms with Crippen molar-refractivity contribution in [3.05, 3.63) is 29.3 Å². The van der Waals surface area contributed by atoms with Crippen molar-refractivity contribution in [2.45, 2.75) is 43.1 Å². The number of halogens is 1. The molecule has 21 heavy (non-hydrogen) atoms. The van der Waals surface area contributed by atoms with E-state index in [4.69, 9.17) is 16.3 Å². The highest BCUT2D eigenvalue weighted by Gasteiger charge is 2.21. The second-order valence-corrected chi connectivity index (χ2v) is 7.07. The second kappa shape index (κ2) is 8.89. The third-order valence-corrected chi connectivity index (χ3v) is 5.28. The van der Waals surface area contributed by atoms with E-state index in [9.17, 15) is 5.11 Å². The molecule has 1 aromatic rings. The summed E-state index contributed by atoms with van der Waals surface area (Å²) in [5.41, 5.74) is 0. The van der Waals surface area contributed by atoms with Gasteiger partial charge in [0.1, 0.15) is 18.5 Å². The lowest BCUT2D eigenvalue weighted by Crippen LogP contribution is -2.41. The van der Waals surface area contributed by atoms with Gasteiger partial charge in [0.05, 0.1) is 5.02 Å². The summed E-state index contributed by atoms with van der Waals surface area (Å²) >= 11 is 7.96. The number of aliphatic hydroxyl groups is 1. The highest BCUT2D eigenvalue weighted by Crippen LogP contribution is 2.27. The number of rotatable bonds is 7. The van der Waals surface area contributed by atoms with Gasteiger partial charge in [-0.1, -0.05) is 30.2 Å². The molecule has 0 aliphatic heterocycles. The van der Waals surface area contributed by atoms with E-state index >= 15 is 0 Å². The first kappa shape index (κ1) is 16.9. The minimum Gasteiger partial charge on any atom is -0.489 e. The van der Waals surface area contributed by atoms with Gasteiger partial charge in [0.25, 0.3) is 0 Å². The average molecular weight is 330 g/mol. The monoisotopic (exact) mass is 329 g/mol. The number of hydrogen-bond donors (Lipinski definition) is 2. The number of hydrogen-bond acceptors (Lipinski definition) is 4. The predicted molar refractivity (Wildman–Crippen MR) is 90.5 cm³/mol. The third kappa shape index (κ3) is 5.70. The average Bonchev–Trinajstić information content (AvgIpc) is 2.52. The Balaban J connectivity index is 1.68. The Bertz CT molecular complexity index is 432. The van der Waals surface area contributed by atoms with Gasteiger partial charge in [-0.05, 0) is 37.7 Å². The van der Waals surface area contributed by atoms with E-state index in [0.717, 1.165) is 5.25 Å². The summed E-state index contributed by atoms with van der Waals surface area (Å²) in [6, 6.07) is 7.85. The van der Waals surface area contributed by atoms with Crippen LogP contribution >= 0.6 is 23.4 Å². The Morgan fingerprint density at radius 2 is 2.24 bits per heavy atom. The molecule has 0 aromatic heterocycles. The van der Waals surface area contributed by atoms with Crippen LogP contribution in [0.5, 0.6) is 5.75 Å². The molecule has 3 unspecified atom stereocenters. The molecule has 0 saturated heterocycles. The lowest BCUT2D eigenvalue weighted by Gasteiger charge is -2.29. The molecule has 1 aromatic carbocycles. The summed E-state index contributed by atoms with van der Waals surface area (Å²) in [4.78, 5) is 0. The number of ether oxygens (including phenoxy) is 1. The Labute approximate surface area is 136 Å². The Hall–Kier alpha value is -0.420. The van der Waals surface area contributed by atoms with Crippen LogP contribution in [0.1, 0.15) is 25.7 Å². The minimum absolute atomic E-state index is 0.259. The van der Waals surface area contributed by atoms with Gasteiger partial charge in [0.2, 0.25) is 0 Å². The lowest BCUT2D eigenvalue weighted by molar-refractivity contribution is 0.102. The molecule has 2 rings (SSSR count). The number of thioether (sulfide) groups is 1. The summed E-state index contributed by atoms with van der Waals surface area (Å²) in [7, 11) is 0. The number of benzene rings is 1. The molecular weight excluding hydrogens is 306 g/mol. The van der Waals surface area contributed by atoms with Crippen LogP contribution in [0.3, 0.4) is 0 Å². The first-order valence-corrected chi connectivity index (χ1v) is 9.17. The zero-order valence-electron chi connectivity index (χ0n) is 12.4. The zero-order valence-corrected chi connectivity index (χ0v) is 14.0. The fourth-order valence-electron chi connectivity index (χ4n) is 2.65. The van der Waals surface area contributed by atoms with Gasteiger partial charge in [-0.3, -0.25) is 0 Å². The Morgan fingerprint density at radius 3 is 3.00 bits per heavy atom. The van der Waals surface area contributed by atoms with E-state index in [-0.39, 0.29) is 6.61 Å². The molecule has 0 spiro atoms. The predicted octanol–water partition coefficient (Wildman–Crippen LogP) is 3.34. The molecule has 5 heteroatoms. The molecule has 1 saturated carbocycles. The summed E-state index contributed by atoms with van der Waals surface area (Å²) < 4.78 is 5.55. The molecule has 1 fully saturated rings. The molecule has 3 nitrogen and oxygen atoms in total. The smallest absolute Gasteiger partial charge is 0.138 e. The van der Waals surface area contributed by atoms with Crippen LogP contribution in [0.2, 0.25) is 5.02 Å². The van der Waals surface area contributed by atoms with Crippen molar-refractivity contribution in [1.82, 2.24) is 5.32 Å². The third-order valence-electron chi connectivity index (χ3n) is 3.87. The van der Waals surface area contributed by atoms with Crippen LogP contribution < -0.4 is 10.1 Å². The van der Waals surface area contributed by atoms with Crippen LogP contribution in [-0.4, -0.2) is 41.9 Å². The fraction of sp³-hybridized carbons (Fsp3) is 0.625. The molecular formula is C16H24ClNO2S. The molecule has 0 bridgehead atoms. The van der Waals surface area contributed by atoms with Gasteiger partial charge >= 0.3 is 0 Å². The van der Waals surface area contributed by atoms with E-state index in [1.54, 1.807) is 6.07 Å². The number of para-hydroxylation sites is 1. The normalized spacial score (nSPS) is 23.8. The van der Waals surface area contributed by atoms with Crippen molar-refractivity contribution in [2.75, 3.05) is 19.4 Å². The van der Waals surface area contributed by atoms with Crippen molar-refractivity contribution < 1.29 is 9.84 Å². The van der Waals surface area contributed by atoms with Crippen molar-refractivity contribution in [2.24, 2.45) is 0 Å². The van der Waals surface area contributed by atoms with Gasteiger partial charge in [0.15, 0.2) is 0 Å². The van der Waals surface area contributed by atoms with Gasteiger partial charge in [-0.2, -0.15) is 11.8 Å². The van der Waals surface area contributed by atoms with E-state index in [2.05, 4.69) is 11.6 Å². The largest absolute Gasteiger partial charge is 0.489 e. The van der Waals surface area contributed by atoms with Crippen molar-refractivity contribution in [1.29, 1.82) is 0 Å². The lowest BCUT2D eigenvalue weighted by atomic mass is 9.95. The Morgan fingerprint density at radius 1 is 1.43 bits per heavy atom. The zero-order chi connectivity index (χ0) is 15.1. The number of nitrogens with one attached hydrogen (secondary N) is 1. The maximum absolute atomic E-state index is 10.0. The van der Waals surface area contributed by atoms with Crippen LogP contribution in [0.25, 0.3) is 0 Å². The van der Waals surface area contributed by atoms with Gasteiger partial charge in [-0.15, -0.1) is 0 Å². The molecule has 0 amide bonds. The van der Waals surface area contributed by atoms with Gasteiger partial charge in [-0.25, -0.2) is 0 Å². The maximum Gasteiger partial charge on any atom is 0.138 e. The molecule has 1 aliphatic rings. The highest BCUT2D eigenvalue weighted by atomic mass is 35.5. The Kier molecular flexibility index (Phi) is 7.17. The molecule has 3 atom stereocenters. The minimum atomic E-state index is -0.518. The fourth-order valence-corrected chi connectivity index (χ4v) is 3.67. The SMILES string of the molecule is CSC1CCCC(NCC(O)COc2ccccc2Cl)C1. The van der Waals surface area contributed by atoms with Crippen molar-refractivity contribution >= 4 is 23.4 Å². The first-order chi connectivity index (χ1) is 10.2. The van der Waals surface area contributed by atoms with E-state index in [0.29, 0.717) is 23.4 Å². The number of aliphatic hydroxyl groups excluding tert-OH is 1. The topological polar surface area (TPSA) is 41.5 Å². The summed E-state index contributed by atoms with van der Waals surface area (Å²) in [6.07, 6.45) is 6.65. The van der Waals surface area contributed by atoms with Crippen LogP contribution in [0, 0.1) is 0 Å². The second-order valence-electron chi connectivity index (χ2n) is 5.52. The quantitative estimate of drug-likeness (QED) is 0.805. The molecule has 2 N–H and O–H groups in total. The van der Waals surface area contributed by atoms with Crippen LogP contribution in [0.4, 0.5) is 0 Å². The van der Waals surface area contributed by atoms with Gasteiger partial charge in [0, 0.05) is 17.8 Å². The maximum atomic E-state index is 10.0. The van der Waals surface area contributed by atoms with E-state index < -0.39 is 6.10 Å². The van der Waals surface area contributed by atoms with E-state index in [1.165, 1.54) is 25.7 Å². The van der Waals surface area contributed by atoms with Crippen LogP contribution in [-0.2, 0) is 0 Å². The summed E-state index contributed by atoms with van der Waals surface area (Å²) in [5, 5.41) is 14.8. The first-order valence-electron chi connectivity index (χ1n) is 7.50. The van der Waals surface area contributed by atoms with Gasteiger partial charge < -0.3 is 15.2 Å². The molecule has 1 aliphatic carbocycles. The molecule has 0 radical (unpaired) electrons. The van der Waals surface area contributed by atoms with E-state index in [1.807, 2.05) is 30.0 Å². The molecule has 0 heterocycles. The van der Waals surface area contributed by atoms with Crippen LogP contribution in [0.15, 0.2) is 24.3 Å². The standard InChI is InChI=1S/C16H24ClNO2S/c1-21-14-6-4-5-12(9-14)18-10-13(19)11-20-16-8-3-2-7-15(16)17/h2-3,7-8,12-14,18-19H,4-6,9-11H2,1H3. The highest BCUT2D eigenvalue weighted by molar-refractivity contribution is 7.99.